The number of urea groups is 1. The lowest BCUT2D eigenvalue weighted by atomic mass is 10.0. The number of benzene rings is 1. The molecule has 0 bridgehead atoms. The van der Waals surface area contributed by atoms with Crippen LogP contribution < -0.4 is 10.2 Å². The number of β-amino-alcohol motifs (C(OH)–C–C–N with tert-alkyl or cyclic N) is 1. The fourth-order valence-electron chi connectivity index (χ4n) is 4.87. The number of piperazine rings is 1. The van der Waals surface area contributed by atoms with Gasteiger partial charge >= 0.3 is 12.2 Å². The average Bonchev–Trinajstić information content (AvgIpc) is 3.07. The maximum absolute atomic E-state index is 13.4. The normalized spacial score (nSPS) is 18.3. The Labute approximate surface area is 241 Å². The zero-order valence-electron chi connectivity index (χ0n) is 22.8. The van der Waals surface area contributed by atoms with E-state index in [1.807, 2.05) is 0 Å². The molecule has 0 radical (unpaired) electrons. The Balaban J connectivity index is 1.40. The Morgan fingerprint density at radius 1 is 1.07 bits per heavy atom. The monoisotopic (exact) mass is 594 g/mol. The van der Waals surface area contributed by atoms with Crippen molar-refractivity contribution in [3.63, 3.8) is 0 Å². The first-order valence-electron chi connectivity index (χ1n) is 13.2. The molecule has 4 rings (SSSR count). The second kappa shape index (κ2) is 12.3. The number of hydrogen-bond acceptors (Lipinski definition) is 8. The van der Waals surface area contributed by atoms with Crippen molar-refractivity contribution in [1.29, 1.82) is 0 Å². The topological polar surface area (TPSA) is 109 Å². The molecule has 0 unspecified atom stereocenters. The molecule has 41 heavy (non-hydrogen) atoms. The van der Waals surface area contributed by atoms with Crippen molar-refractivity contribution in [1.82, 2.24) is 19.7 Å². The number of rotatable bonds is 9. The van der Waals surface area contributed by atoms with Crippen LogP contribution in [-0.4, -0.2) is 94.1 Å². The highest BCUT2D eigenvalue weighted by Crippen LogP contribution is 2.39. The van der Waals surface area contributed by atoms with Gasteiger partial charge in [-0.2, -0.15) is 13.2 Å². The molecule has 0 aliphatic carbocycles. The van der Waals surface area contributed by atoms with E-state index in [-0.39, 0.29) is 36.1 Å². The van der Waals surface area contributed by atoms with Crippen LogP contribution in [0.3, 0.4) is 0 Å². The molecule has 2 saturated heterocycles. The molecule has 2 N–H and O–H groups in total. The summed E-state index contributed by atoms with van der Waals surface area (Å²) in [5.41, 5.74) is -1.67. The lowest BCUT2D eigenvalue weighted by Gasteiger charge is -2.34. The molecule has 1 aromatic heterocycles. The summed E-state index contributed by atoms with van der Waals surface area (Å²) in [6, 6.07) is 5.22. The molecule has 2 aliphatic heterocycles. The molecule has 3 heterocycles. The lowest BCUT2D eigenvalue weighted by molar-refractivity contribution is -0.137. The molecule has 2 aliphatic rings. The van der Waals surface area contributed by atoms with Crippen LogP contribution in [-0.2, 0) is 22.3 Å². The van der Waals surface area contributed by atoms with Crippen molar-refractivity contribution in [2.75, 3.05) is 56.1 Å². The van der Waals surface area contributed by atoms with Crippen molar-refractivity contribution in [3.8, 4) is 0 Å². The number of hydrogen-bond donors (Lipinski definition) is 3. The molecule has 0 atom stereocenters. The van der Waals surface area contributed by atoms with Gasteiger partial charge in [0.15, 0.2) is 0 Å². The highest BCUT2D eigenvalue weighted by Gasteiger charge is 2.52. The van der Waals surface area contributed by atoms with E-state index in [1.165, 1.54) is 11.1 Å². The van der Waals surface area contributed by atoms with Gasteiger partial charge in [0.2, 0.25) is 5.91 Å². The Morgan fingerprint density at radius 3 is 2.34 bits per heavy atom. The van der Waals surface area contributed by atoms with E-state index in [0.717, 1.165) is 49.3 Å². The third-order valence-corrected chi connectivity index (χ3v) is 7.69. The van der Waals surface area contributed by atoms with Crippen LogP contribution in [0.5, 0.6) is 0 Å². The molecular formula is C27H33F3N6O4S. The standard InChI is InChI=1S/C27H33F3N6O4S/c1-26(2)24(39)36(20-4-3-19(16-21(20)41)27(28,29)30)25(40)35(26)17-18-5-7-31-22(15-18)32-23(38)6-8-33-9-11-34(12-10-33)13-14-37/h3-5,7,15-16,37,41H,6,8-14,17H2,1-2H3,(H,31,32,38). The predicted octanol–water partition coefficient (Wildman–Crippen LogP) is 3.08. The summed E-state index contributed by atoms with van der Waals surface area (Å²) in [4.78, 5) is 49.8. The van der Waals surface area contributed by atoms with Gasteiger partial charge in [0.1, 0.15) is 11.4 Å². The van der Waals surface area contributed by atoms with Gasteiger partial charge in [0.25, 0.3) is 5.91 Å². The smallest absolute Gasteiger partial charge is 0.395 e. The van der Waals surface area contributed by atoms with Gasteiger partial charge in [-0.25, -0.2) is 14.7 Å². The number of nitrogens with zero attached hydrogens (tertiary/aromatic N) is 5. The summed E-state index contributed by atoms with van der Waals surface area (Å²) in [5.74, 6) is -0.513. The van der Waals surface area contributed by atoms with E-state index in [1.54, 1.807) is 26.0 Å². The summed E-state index contributed by atoms with van der Waals surface area (Å²) < 4.78 is 39.3. The van der Waals surface area contributed by atoms with Crippen LogP contribution >= 0.6 is 12.6 Å². The molecule has 2 aromatic rings. The number of pyridine rings is 1. The minimum atomic E-state index is -4.59. The predicted molar refractivity (Wildman–Crippen MR) is 149 cm³/mol. The molecular weight excluding hydrogens is 561 g/mol. The van der Waals surface area contributed by atoms with Crippen molar-refractivity contribution >= 4 is 42.0 Å². The SMILES string of the molecule is CC1(C)C(=O)N(c2ccc(C(F)(F)F)cc2S)C(=O)N1Cc1ccnc(NC(=O)CCN2CCN(CCO)CC2)c1. The number of carbonyl (C=O) groups is 3. The quantitative estimate of drug-likeness (QED) is 0.303. The number of carbonyl (C=O) groups excluding carboxylic acids is 3. The summed E-state index contributed by atoms with van der Waals surface area (Å²) in [7, 11) is 0. The van der Waals surface area contributed by atoms with Crippen molar-refractivity contribution in [2.24, 2.45) is 0 Å². The minimum Gasteiger partial charge on any atom is -0.395 e. The highest BCUT2D eigenvalue weighted by atomic mass is 32.1. The number of aromatic nitrogens is 1. The Hall–Kier alpha value is -3.20. The molecule has 2 fully saturated rings. The number of aliphatic hydroxyl groups is 1. The summed E-state index contributed by atoms with van der Waals surface area (Å²) in [6.45, 7) is 7.79. The number of aliphatic hydroxyl groups excluding tert-OH is 1. The first-order valence-corrected chi connectivity index (χ1v) is 13.6. The number of imide groups is 1. The fraction of sp³-hybridized carbons (Fsp3) is 0.481. The maximum Gasteiger partial charge on any atom is 0.416 e. The zero-order chi connectivity index (χ0) is 29.9. The van der Waals surface area contributed by atoms with Crippen molar-refractivity contribution < 1.29 is 32.7 Å². The van der Waals surface area contributed by atoms with Gasteiger partial charge < -0.3 is 20.2 Å². The number of halogens is 3. The van der Waals surface area contributed by atoms with E-state index in [2.05, 4.69) is 32.7 Å². The summed E-state index contributed by atoms with van der Waals surface area (Å²) in [5, 5.41) is 11.8. The van der Waals surface area contributed by atoms with Crippen LogP contribution in [0.4, 0.5) is 29.5 Å². The minimum absolute atomic E-state index is 0.000120. The average molecular weight is 595 g/mol. The van der Waals surface area contributed by atoms with Crippen LogP contribution in [0.2, 0.25) is 0 Å². The van der Waals surface area contributed by atoms with Crippen LogP contribution in [0, 0.1) is 0 Å². The summed E-state index contributed by atoms with van der Waals surface area (Å²) >= 11 is 4.12. The largest absolute Gasteiger partial charge is 0.416 e. The highest BCUT2D eigenvalue weighted by molar-refractivity contribution is 7.80. The molecule has 222 valence electrons. The zero-order valence-corrected chi connectivity index (χ0v) is 23.7. The molecule has 0 saturated carbocycles. The second-order valence-corrected chi connectivity index (χ2v) is 11.0. The van der Waals surface area contributed by atoms with Gasteiger partial charge in [-0.05, 0) is 49.7 Å². The van der Waals surface area contributed by atoms with E-state index in [4.69, 9.17) is 5.11 Å². The van der Waals surface area contributed by atoms with Crippen LogP contribution in [0.25, 0.3) is 0 Å². The second-order valence-electron chi connectivity index (χ2n) is 10.5. The van der Waals surface area contributed by atoms with Gasteiger partial charge in [0, 0.05) is 63.3 Å². The maximum atomic E-state index is 13.4. The first-order chi connectivity index (χ1) is 19.3. The first kappa shape index (κ1) is 30.8. The van der Waals surface area contributed by atoms with Crippen molar-refractivity contribution in [2.45, 2.75) is 43.4 Å². The van der Waals surface area contributed by atoms with Gasteiger partial charge in [-0.15, -0.1) is 12.6 Å². The number of alkyl halides is 3. The van der Waals surface area contributed by atoms with E-state index in [9.17, 15) is 27.6 Å². The van der Waals surface area contributed by atoms with E-state index in [0.29, 0.717) is 24.5 Å². The van der Waals surface area contributed by atoms with Gasteiger partial charge in [-0.1, -0.05) is 0 Å². The third-order valence-electron chi connectivity index (χ3n) is 7.34. The number of nitrogens with one attached hydrogen (secondary N) is 1. The number of thiol groups is 1. The molecule has 14 heteroatoms. The van der Waals surface area contributed by atoms with Crippen LogP contribution in [0.1, 0.15) is 31.4 Å². The molecule has 4 amide bonds. The lowest BCUT2D eigenvalue weighted by Crippen LogP contribution is -2.47. The Morgan fingerprint density at radius 2 is 1.73 bits per heavy atom. The molecule has 1 aromatic carbocycles. The van der Waals surface area contributed by atoms with E-state index < -0.39 is 29.2 Å². The molecule has 0 spiro atoms. The number of amides is 4. The van der Waals surface area contributed by atoms with Crippen LogP contribution in [0.15, 0.2) is 41.4 Å². The van der Waals surface area contributed by atoms with Gasteiger partial charge in [-0.3, -0.25) is 14.5 Å². The Kier molecular flexibility index (Phi) is 9.26. The van der Waals surface area contributed by atoms with E-state index >= 15 is 0 Å². The molecule has 10 nitrogen and oxygen atoms in total. The van der Waals surface area contributed by atoms with Crippen molar-refractivity contribution in [3.05, 3.63) is 47.7 Å². The third kappa shape index (κ3) is 7.00. The Bertz CT molecular complexity index is 1300. The fourth-order valence-corrected chi connectivity index (χ4v) is 5.18. The van der Waals surface area contributed by atoms with Gasteiger partial charge in [0.05, 0.1) is 17.9 Å². The number of anilines is 2. The summed E-state index contributed by atoms with van der Waals surface area (Å²) in [6.07, 6.45) is -2.84.